The van der Waals surface area contributed by atoms with E-state index in [0.29, 0.717) is 19.0 Å². The fraction of sp³-hybridized carbons (Fsp3) is 1.00. The summed E-state index contributed by atoms with van der Waals surface area (Å²) in [6, 6.07) is 0.662. The van der Waals surface area contributed by atoms with Crippen molar-refractivity contribution in [2.75, 3.05) is 27.9 Å². The Morgan fingerprint density at radius 1 is 1.23 bits per heavy atom. The molecule has 0 rings (SSSR count). The van der Waals surface area contributed by atoms with E-state index in [1.807, 2.05) is 0 Å². The minimum absolute atomic E-state index is 0.446. The minimum Gasteiger partial charge on any atom is -0.377 e. The Morgan fingerprint density at radius 2 is 1.77 bits per heavy atom. The summed E-state index contributed by atoms with van der Waals surface area (Å²) in [6.07, 6.45) is 0.714. The third-order valence-electron chi connectivity index (χ3n) is 1.74. The van der Waals surface area contributed by atoms with Crippen LogP contribution in [-0.2, 0) is 13.3 Å². The van der Waals surface area contributed by atoms with E-state index in [1.165, 1.54) is 0 Å². The van der Waals surface area contributed by atoms with E-state index < -0.39 is 8.80 Å². The Balaban J connectivity index is 3.87. The van der Waals surface area contributed by atoms with Crippen molar-refractivity contribution < 1.29 is 13.3 Å². The van der Waals surface area contributed by atoms with Crippen LogP contribution in [0.2, 0.25) is 6.04 Å². The molecule has 0 aromatic carbocycles. The van der Waals surface area contributed by atoms with Crippen molar-refractivity contribution in [3.8, 4) is 0 Å². The van der Waals surface area contributed by atoms with Gasteiger partial charge < -0.3 is 13.3 Å². The highest BCUT2D eigenvalue weighted by atomic mass is 28.4. The molecule has 0 saturated carbocycles. The standard InChI is InChI=1S/C6H15N3O3Si/c1-10-13(11-2,12-3)6-4-5-8-9-7/h4-6H2,1-3H3. The highest BCUT2D eigenvalue weighted by molar-refractivity contribution is 6.60. The molecule has 6 nitrogen and oxygen atoms in total. The van der Waals surface area contributed by atoms with Gasteiger partial charge in [0.25, 0.3) is 0 Å². The van der Waals surface area contributed by atoms with Crippen LogP contribution in [0.15, 0.2) is 5.11 Å². The second-order valence-electron chi connectivity index (χ2n) is 2.35. The van der Waals surface area contributed by atoms with Gasteiger partial charge >= 0.3 is 8.80 Å². The third kappa shape index (κ3) is 4.25. The maximum atomic E-state index is 8.04. The second kappa shape index (κ2) is 6.87. The van der Waals surface area contributed by atoms with Crippen LogP contribution < -0.4 is 0 Å². The Bertz CT molecular complexity index is 172. The molecule has 13 heavy (non-hydrogen) atoms. The van der Waals surface area contributed by atoms with Crippen LogP contribution in [0.5, 0.6) is 0 Å². The molecule has 0 atom stereocenters. The first-order chi connectivity index (χ1) is 6.24. The van der Waals surface area contributed by atoms with Crippen LogP contribution in [-0.4, -0.2) is 36.7 Å². The highest BCUT2D eigenvalue weighted by Crippen LogP contribution is 2.14. The first-order valence-electron chi connectivity index (χ1n) is 3.91. The molecule has 0 aliphatic carbocycles. The number of hydrogen-bond donors (Lipinski definition) is 0. The zero-order valence-corrected chi connectivity index (χ0v) is 9.19. The van der Waals surface area contributed by atoms with E-state index in [9.17, 15) is 0 Å². The van der Waals surface area contributed by atoms with Crippen LogP contribution in [0, 0.1) is 0 Å². The topological polar surface area (TPSA) is 76.5 Å². The van der Waals surface area contributed by atoms with Crippen LogP contribution in [0.1, 0.15) is 6.42 Å². The Hall–Kier alpha value is -0.593. The molecule has 0 bridgehead atoms. The largest absolute Gasteiger partial charge is 0.500 e. The maximum Gasteiger partial charge on any atom is 0.500 e. The van der Waals surface area contributed by atoms with Crippen molar-refractivity contribution in [2.24, 2.45) is 5.11 Å². The predicted octanol–water partition coefficient (Wildman–Crippen LogP) is 1.56. The van der Waals surface area contributed by atoms with Crippen molar-refractivity contribution in [1.82, 2.24) is 0 Å². The molecule has 76 valence electrons. The highest BCUT2D eigenvalue weighted by Gasteiger charge is 2.36. The third-order valence-corrected chi connectivity index (χ3v) is 4.57. The van der Waals surface area contributed by atoms with Crippen LogP contribution >= 0.6 is 0 Å². The summed E-state index contributed by atoms with van der Waals surface area (Å²) in [4.78, 5) is 2.65. The number of azide groups is 1. The molecule has 0 saturated heterocycles. The van der Waals surface area contributed by atoms with Gasteiger partial charge in [-0.15, -0.1) is 0 Å². The summed E-state index contributed by atoms with van der Waals surface area (Å²) in [7, 11) is 2.24. The summed E-state index contributed by atoms with van der Waals surface area (Å²) < 4.78 is 15.5. The van der Waals surface area contributed by atoms with Gasteiger partial charge in [-0.25, -0.2) is 0 Å². The first-order valence-corrected chi connectivity index (χ1v) is 5.84. The molecule has 0 radical (unpaired) electrons. The van der Waals surface area contributed by atoms with Gasteiger partial charge in [-0.1, -0.05) is 5.11 Å². The molecular weight excluding hydrogens is 190 g/mol. The van der Waals surface area contributed by atoms with E-state index in [1.54, 1.807) is 21.3 Å². The lowest BCUT2D eigenvalue weighted by atomic mass is 10.5. The van der Waals surface area contributed by atoms with Gasteiger partial charge in [-0.05, 0) is 12.0 Å². The maximum absolute atomic E-state index is 8.04. The molecule has 0 unspecified atom stereocenters. The summed E-state index contributed by atoms with van der Waals surface area (Å²) >= 11 is 0. The average molecular weight is 205 g/mol. The summed E-state index contributed by atoms with van der Waals surface area (Å²) in [6.45, 7) is 0.446. The Morgan fingerprint density at radius 3 is 2.15 bits per heavy atom. The molecule has 7 heteroatoms. The smallest absolute Gasteiger partial charge is 0.377 e. The van der Waals surface area contributed by atoms with Gasteiger partial charge in [0.2, 0.25) is 0 Å². The van der Waals surface area contributed by atoms with E-state index in [2.05, 4.69) is 10.0 Å². The van der Waals surface area contributed by atoms with Gasteiger partial charge in [0.05, 0.1) is 0 Å². The Labute approximate surface area is 78.8 Å². The molecule has 0 N–H and O–H groups in total. The van der Waals surface area contributed by atoms with Crippen molar-refractivity contribution >= 4 is 8.80 Å². The number of hydrogen-bond acceptors (Lipinski definition) is 4. The molecule has 0 fully saturated rings. The monoisotopic (exact) mass is 205 g/mol. The van der Waals surface area contributed by atoms with E-state index in [-0.39, 0.29) is 0 Å². The van der Waals surface area contributed by atoms with Crippen LogP contribution in [0.4, 0.5) is 0 Å². The number of nitrogens with zero attached hydrogens (tertiary/aromatic N) is 3. The SMILES string of the molecule is CO[Si](CCCN=[N+]=[N-])(OC)OC. The Kier molecular flexibility index (Phi) is 6.56. The van der Waals surface area contributed by atoms with Crippen molar-refractivity contribution in [3.63, 3.8) is 0 Å². The van der Waals surface area contributed by atoms with Crippen molar-refractivity contribution in [3.05, 3.63) is 10.4 Å². The molecule has 0 aliphatic heterocycles. The quantitative estimate of drug-likeness (QED) is 0.208. The lowest BCUT2D eigenvalue weighted by Crippen LogP contribution is -2.42. The molecule has 0 aromatic rings. The normalized spacial score (nSPS) is 11.0. The second-order valence-corrected chi connectivity index (χ2v) is 5.44. The molecule has 0 aliphatic rings. The lowest BCUT2D eigenvalue weighted by Gasteiger charge is -2.23. The zero-order valence-electron chi connectivity index (χ0n) is 8.19. The fourth-order valence-corrected chi connectivity index (χ4v) is 2.67. The summed E-state index contributed by atoms with van der Waals surface area (Å²) in [5, 5.41) is 3.41. The molecule has 0 spiro atoms. The van der Waals surface area contributed by atoms with Gasteiger partial charge in [0.15, 0.2) is 0 Å². The first kappa shape index (κ1) is 12.4. The van der Waals surface area contributed by atoms with Crippen molar-refractivity contribution in [2.45, 2.75) is 12.5 Å². The molecule has 0 aromatic heterocycles. The van der Waals surface area contributed by atoms with Crippen molar-refractivity contribution in [1.29, 1.82) is 0 Å². The molecule has 0 heterocycles. The van der Waals surface area contributed by atoms with Gasteiger partial charge in [-0.2, -0.15) is 0 Å². The van der Waals surface area contributed by atoms with E-state index >= 15 is 0 Å². The van der Waals surface area contributed by atoms with E-state index in [4.69, 9.17) is 18.8 Å². The fourth-order valence-electron chi connectivity index (χ4n) is 0.967. The van der Waals surface area contributed by atoms with E-state index in [0.717, 1.165) is 0 Å². The van der Waals surface area contributed by atoms with Gasteiger partial charge in [0, 0.05) is 38.8 Å². The zero-order chi connectivity index (χ0) is 10.2. The predicted molar refractivity (Wildman–Crippen MR) is 50.2 cm³/mol. The van der Waals surface area contributed by atoms with Crippen LogP contribution in [0.25, 0.3) is 10.4 Å². The summed E-state index contributed by atoms with van der Waals surface area (Å²) in [5.74, 6) is 0. The van der Waals surface area contributed by atoms with Crippen LogP contribution in [0.3, 0.4) is 0 Å². The number of rotatable bonds is 7. The molecular formula is C6H15N3O3Si. The lowest BCUT2D eigenvalue weighted by molar-refractivity contribution is 0.123. The summed E-state index contributed by atoms with van der Waals surface area (Å²) in [5.41, 5.74) is 8.04. The average Bonchev–Trinajstić information content (AvgIpc) is 2.20. The molecule has 0 amide bonds. The van der Waals surface area contributed by atoms with Gasteiger partial charge in [-0.3, -0.25) is 0 Å². The minimum atomic E-state index is -2.45. The van der Waals surface area contributed by atoms with Gasteiger partial charge in [0.1, 0.15) is 0 Å².